The molecule has 1 amide bonds. The second kappa shape index (κ2) is 7.91. The van der Waals surface area contributed by atoms with Gasteiger partial charge in [-0.25, -0.2) is 0 Å². The van der Waals surface area contributed by atoms with Gasteiger partial charge in [-0.2, -0.15) is 5.10 Å². The maximum Gasteiger partial charge on any atom is 0.222 e. The average molecular weight is 354 g/mol. The van der Waals surface area contributed by atoms with Crippen LogP contribution in [0.1, 0.15) is 24.0 Å². The van der Waals surface area contributed by atoms with Crippen molar-refractivity contribution in [2.24, 2.45) is 0 Å². The number of ether oxygens (including phenoxy) is 1. The highest BCUT2D eigenvalue weighted by molar-refractivity contribution is 5.76. The smallest absolute Gasteiger partial charge is 0.222 e. The Balaban J connectivity index is 1.20. The number of amides is 1. The summed E-state index contributed by atoms with van der Waals surface area (Å²) in [6, 6.07) is 8.44. The molecule has 4 rings (SSSR count). The van der Waals surface area contributed by atoms with Gasteiger partial charge in [0.05, 0.1) is 6.61 Å². The van der Waals surface area contributed by atoms with Gasteiger partial charge in [-0.3, -0.25) is 14.4 Å². The summed E-state index contributed by atoms with van der Waals surface area (Å²) in [5, 5.41) is 4.17. The highest BCUT2D eigenvalue weighted by Crippen LogP contribution is 2.26. The first kappa shape index (κ1) is 17.1. The summed E-state index contributed by atoms with van der Waals surface area (Å²) >= 11 is 0. The number of aryl methyl sites for hydroxylation is 1. The molecule has 1 saturated heterocycles. The fraction of sp³-hybridized carbons (Fsp3) is 0.500. The van der Waals surface area contributed by atoms with Crippen molar-refractivity contribution in [3.63, 3.8) is 0 Å². The highest BCUT2D eigenvalue weighted by atomic mass is 16.5. The number of piperazine rings is 1. The molecule has 1 aromatic carbocycles. The predicted molar refractivity (Wildman–Crippen MR) is 99.0 cm³/mol. The van der Waals surface area contributed by atoms with Gasteiger partial charge >= 0.3 is 0 Å². The van der Waals surface area contributed by atoms with Crippen molar-refractivity contribution in [1.82, 2.24) is 19.6 Å². The molecule has 2 aliphatic rings. The van der Waals surface area contributed by atoms with Gasteiger partial charge in [-0.1, -0.05) is 12.1 Å². The lowest BCUT2D eigenvalue weighted by Crippen LogP contribution is -2.48. The molecule has 0 spiro atoms. The van der Waals surface area contributed by atoms with E-state index in [1.54, 1.807) is 6.20 Å². The van der Waals surface area contributed by atoms with Crippen molar-refractivity contribution >= 4 is 5.91 Å². The minimum absolute atomic E-state index is 0.270. The van der Waals surface area contributed by atoms with Crippen molar-refractivity contribution in [3.05, 3.63) is 47.8 Å². The van der Waals surface area contributed by atoms with Crippen LogP contribution in [0.25, 0.3) is 0 Å². The zero-order valence-corrected chi connectivity index (χ0v) is 15.1. The first-order chi connectivity index (χ1) is 12.8. The van der Waals surface area contributed by atoms with Gasteiger partial charge in [-0.15, -0.1) is 0 Å². The van der Waals surface area contributed by atoms with Crippen LogP contribution in [0.5, 0.6) is 5.75 Å². The molecule has 6 heteroatoms. The first-order valence-corrected chi connectivity index (χ1v) is 9.50. The van der Waals surface area contributed by atoms with Gasteiger partial charge in [0.1, 0.15) is 5.75 Å². The van der Waals surface area contributed by atoms with Crippen molar-refractivity contribution in [2.45, 2.75) is 32.4 Å². The molecule has 0 unspecified atom stereocenters. The van der Waals surface area contributed by atoms with Crippen molar-refractivity contribution < 1.29 is 9.53 Å². The molecular formula is C20H26N4O2. The molecule has 138 valence electrons. The molecular weight excluding hydrogens is 328 g/mol. The van der Waals surface area contributed by atoms with Crippen molar-refractivity contribution in [3.8, 4) is 5.75 Å². The minimum Gasteiger partial charge on any atom is -0.493 e. The molecule has 1 aromatic heterocycles. The van der Waals surface area contributed by atoms with E-state index in [0.717, 1.165) is 64.5 Å². The quantitative estimate of drug-likeness (QED) is 0.796. The number of hydrogen-bond acceptors (Lipinski definition) is 4. The predicted octanol–water partition coefficient (Wildman–Crippen LogP) is 1.94. The maximum absolute atomic E-state index is 12.4. The Bertz CT molecular complexity index is 736. The molecule has 0 bridgehead atoms. The fourth-order valence-corrected chi connectivity index (χ4v) is 3.73. The molecule has 2 aliphatic heterocycles. The van der Waals surface area contributed by atoms with E-state index in [2.05, 4.69) is 28.2 Å². The number of fused-ring (bicyclic) bond motifs is 1. The van der Waals surface area contributed by atoms with E-state index in [-0.39, 0.29) is 5.91 Å². The van der Waals surface area contributed by atoms with Crippen LogP contribution in [-0.4, -0.2) is 58.3 Å². The molecule has 0 saturated carbocycles. The lowest BCUT2D eigenvalue weighted by molar-refractivity contribution is -0.133. The SMILES string of the molecule is O=C(CCCn1cccn1)N1CCN(Cc2ccc3c(c2)CCO3)CC1. The minimum atomic E-state index is 0.270. The Morgan fingerprint density at radius 2 is 2.08 bits per heavy atom. The summed E-state index contributed by atoms with van der Waals surface area (Å²) < 4.78 is 7.46. The average Bonchev–Trinajstić information content (AvgIpc) is 3.33. The molecule has 0 atom stereocenters. The van der Waals surface area contributed by atoms with Gasteiger partial charge in [0, 0.05) is 64.5 Å². The molecule has 0 aliphatic carbocycles. The van der Waals surface area contributed by atoms with Crippen LogP contribution in [0.3, 0.4) is 0 Å². The van der Waals surface area contributed by atoms with Crippen LogP contribution in [0.15, 0.2) is 36.7 Å². The Morgan fingerprint density at radius 1 is 1.19 bits per heavy atom. The number of nitrogens with zero attached hydrogens (tertiary/aromatic N) is 4. The van der Waals surface area contributed by atoms with E-state index in [9.17, 15) is 4.79 Å². The standard InChI is InChI=1S/C20H26N4O2/c25-20(3-1-8-24-9-2-7-21-24)23-12-10-22(11-13-23)16-17-4-5-19-18(15-17)6-14-26-19/h2,4-5,7,9,15H,1,3,6,8,10-14,16H2. The topological polar surface area (TPSA) is 50.6 Å². The third kappa shape index (κ3) is 4.07. The van der Waals surface area contributed by atoms with Crippen LogP contribution in [0.4, 0.5) is 0 Å². The van der Waals surface area contributed by atoms with Crippen molar-refractivity contribution in [1.29, 1.82) is 0 Å². The summed E-state index contributed by atoms with van der Waals surface area (Å²) in [7, 11) is 0. The van der Waals surface area contributed by atoms with E-state index in [1.165, 1.54) is 11.1 Å². The van der Waals surface area contributed by atoms with Gasteiger partial charge in [0.25, 0.3) is 0 Å². The zero-order chi connectivity index (χ0) is 17.8. The third-order valence-electron chi connectivity index (χ3n) is 5.22. The largest absolute Gasteiger partial charge is 0.493 e. The van der Waals surface area contributed by atoms with Crippen LogP contribution in [0, 0.1) is 0 Å². The second-order valence-electron chi connectivity index (χ2n) is 7.07. The molecule has 6 nitrogen and oxygen atoms in total. The molecule has 26 heavy (non-hydrogen) atoms. The zero-order valence-electron chi connectivity index (χ0n) is 15.1. The molecule has 0 radical (unpaired) electrons. The summed E-state index contributed by atoms with van der Waals surface area (Å²) in [5.41, 5.74) is 2.67. The van der Waals surface area contributed by atoms with Crippen LogP contribution >= 0.6 is 0 Å². The Labute approximate surface area is 154 Å². The summed E-state index contributed by atoms with van der Waals surface area (Å²) in [6.45, 7) is 6.11. The molecule has 0 N–H and O–H groups in total. The fourth-order valence-electron chi connectivity index (χ4n) is 3.73. The number of benzene rings is 1. The number of rotatable bonds is 6. The van der Waals surface area contributed by atoms with E-state index in [1.807, 2.05) is 21.8 Å². The molecule has 3 heterocycles. The van der Waals surface area contributed by atoms with E-state index in [4.69, 9.17) is 4.74 Å². The monoisotopic (exact) mass is 354 g/mol. The van der Waals surface area contributed by atoms with Gasteiger partial charge in [0.15, 0.2) is 0 Å². The highest BCUT2D eigenvalue weighted by Gasteiger charge is 2.21. The number of hydrogen-bond donors (Lipinski definition) is 0. The number of aromatic nitrogens is 2. The Hall–Kier alpha value is -2.34. The second-order valence-corrected chi connectivity index (χ2v) is 7.07. The van der Waals surface area contributed by atoms with Gasteiger partial charge in [-0.05, 0) is 29.7 Å². The van der Waals surface area contributed by atoms with Crippen LogP contribution < -0.4 is 4.74 Å². The maximum atomic E-state index is 12.4. The summed E-state index contributed by atoms with van der Waals surface area (Å²) in [5.74, 6) is 1.31. The van der Waals surface area contributed by atoms with Crippen LogP contribution in [-0.2, 0) is 24.3 Å². The Morgan fingerprint density at radius 3 is 2.88 bits per heavy atom. The van der Waals surface area contributed by atoms with Crippen LogP contribution in [0.2, 0.25) is 0 Å². The van der Waals surface area contributed by atoms with Gasteiger partial charge < -0.3 is 9.64 Å². The molecule has 1 fully saturated rings. The number of carbonyl (C=O) groups is 1. The first-order valence-electron chi connectivity index (χ1n) is 9.50. The van der Waals surface area contributed by atoms with Gasteiger partial charge in [0.2, 0.25) is 5.91 Å². The third-order valence-corrected chi connectivity index (χ3v) is 5.22. The number of carbonyl (C=O) groups excluding carboxylic acids is 1. The molecule has 2 aromatic rings. The summed E-state index contributed by atoms with van der Waals surface area (Å²) in [6.07, 6.45) is 6.18. The summed E-state index contributed by atoms with van der Waals surface area (Å²) in [4.78, 5) is 16.8. The van der Waals surface area contributed by atoms with E-state index < -0.39 is 0 Å². The normalized spacial score (nSPS) is 17.2. The Kier molecular flexibility index (Phi) is 5.20. The van der Waals surface area contributed by atoms with E-state index >= 15 is 0 Å². The van der Waals surface area contributed by atoms with E-state index in [0.29, 0.717) is 6.42 Å². The lowest BCUT2D eigenvalue weighted by atomic mass is 10.1. The van der Waals surface area contributed by atoms with Crippen molar-refractivity contribution in [2.75, 3.05) is 32.8 Å². The lowest BCUT2D eigenvalue weighted by Gasteiger charge is -2.35.